The lowest BCUT2D eigenvalue weighted by atomic mass is 10.1. The van der Waals surface area contributed by atoms with Crippen LogP contribution in [0.5, 0.6) is 5.75 Å². The van der Waals surface area contributed by atoms with E-state index in [2.05, 4.69) is 27.9 Å². The molecule has 0 saturated carbocycles. The SMILES string of the molecule is CN=C(NCCSC)NCCc1ccccc1OC.I. The quantitative estimate of drug-likeness (QED) is 0.314. The second-order valence-electron chi connectivity index (χ2n) is 3.98. The summed E-state index contributed by atoms with van der Waals surface area (Å²) in [4.78, 5) is 4.19. The molecule has 114 valence electrons. The molecule has 0 saturated heterocycles. The second kappa shape index (κ2) is 12.1. The molecule has 0 amide bonds. The highest BCUT2D eigenvalue weighted by Crippen LogP contribution is 2.17. The number of rotatable bonds is 7. The third-order valence-electron chi connectivity index (χ3n) is 2.70. The summed E-state index contributed by atoms with van der Waals surface area (Å²) in [6.07, 6.45) is 3.01. The maximum absolute atomic E-state index is 5.33. The van der Waals surface area contributed by atoms with Crippen molar-refractivity contribution >= 4 is 41.7 Å². The molecule has 0 aromatic heterocycles. The van der Waals surface area contributed by atoms with Crippen LogP contribution in [0.3, 0.4) is 0 Å². The van der Waals surface area contributed by atoms with Gasteiger partial charge in [-0.25, -0.2) is 0 Å². The average Bonchev–Trinajstić information content (AvgIpc) is 2.46. The molecule has 1 rings (SSSR count). The van der Waals surface area contributed by atoms with Crippen LogP contribution in [0.15, 0.2) is 29.3 Å². The maximum Gasteiger partial charge on any atom is 0.191 e. The molecule has 6 heteroatoms. The van der Waals surface area contributed by atoms with Gasteiger partial charge in [0.25, 0.3) is 0 Å². The molecule has 4 nitrogen and oxygen atoms in total. The summed E-state index contributed by atoms with van der Waals surface area (Å²) in [7, 11) is 3.49. The largest absolute Gasteiger partial charge is 0.496 e. The van der Waals surface area contributed by atoms with Crippen LogP contribution in [0.25, 0.3) is 0 Å². The van der Waals surface area contributed by atoms with E-state index in [1.54, 1.807) is 14.2 Å². The van der Waals surface area contributed by atoms with Crippen LogP contribution in [0.4, 0.5) is 0 Å². The zero-order valence-electron chi connectivity index (χ0n) is 12.3. The van der Waals surface area contributed by atoms with Gasteiger partial charge < -0.3 is 15.4 Å². The van der Waals surface area contributed by atoms with Crippen molar-refractivity contribution < 1.29 is 4.74 Å². The van der Waals surface area contributed by atoms with Crippen LogP contribution < -0.4 is 15.4 Å². The number of nitrogens with zero attached hydrogens (tertiary/aromatic N) is 1. The monoisotopic (exact) mass is 409 g/mol. The fourth-order valence-electron chi connectivity index (χ4n) is 1.72. The molecule has 0 aliphatic heterocycles. The van der Waals surface area contributed by atoms with Gasteiger partial charge >= 0.3 is 0 Å². The summed E-state index contributed by atoms with van der Waals surface area (Å²) in [6.45, 7) is 1.76. The standard InChI is InChI=1S/C14H23N3OS.HI/c1-15-14(17-10-11-19-3)16-9-8-12-6-4-5-7-13(12)18-2;/h4-7H,8-11H2,1-3H3,(H2,15,16,17);1H. The molecule has 0 heterocycles. The van der Waals surface area contributed by atoms with Crippen molar-refractivity contribution in [1.82, 2.24) is 10.6 Å². The van der Waals surface area contributed by atoms with Crippen molar-refractivity contribution in [3.8, 4) is 5.75 Å². The molecule has 0 aliphatic rings. The van der Waals surface area contributed by atoms with E-state index >= 15 is 0 Å². The number of para-hydroxylation sites is 1. The van der Waals surface area contributed by atoms with Gasteiger partial charge in [0.15, 0.2) is 5.96 Å². The number of halogens is 1. The summed E-state index contributed by atoms with van der Waals surface area (Å²) >= 11 is 1.82. The average molecular weight is 409 g/mol. The zero-order valence-corrected chi connectivity index (χ0v) is 15.5. The number of aliphatic imine (C=N–C) groups is 1. The van der Waals surface area contributed by atoms with Gasteiger partial charge in [-0.2, -0.15) is 11.8 Å². The number of ether oxygens (including phenoxy) is 1. The third-order valence-corrected chi connectivity index (χ3v) is 3.31. The van der Waals surface area contributed by atoms with Gasteiger partial charge in [-0.3, -0.25) is 4.99 Å². The summed E-state index contributed by atoms with van der Waals surface area (Å²) < 4.78 is 5.33. The molecular formula is C14H24IN3OS. The van der Waals surface area contributed by atoms with E-state index in [9.17, 15) is 0 Å². The predicted molar refractivity (Wildman–Crippen MR) is 99.9 cm³/mol. The van der Waals surface area contributed by atoms with E-state index in [4.69, 9.17) is 4.74 Å². The Labute approximate surface area is 143 Å². The van der Waals surface area contributed by atoms with Gasteiger partial charge in [0.05, 0.1) is 7.11 Å². The molecule has 0 fully saturated rings. The zero-order chi connectivity index (χ0) is 13.9. The normalized spacial score (nSPS) is 10.7. The molecule has 0 unspecified atom stereocenters. The van der Waals surface area contributed by atoms with E-state index in [1.165, 1.54) is 5.56 Å². The first-order chi connectivity index (χ1) is 9.31. The van der Waals surface area contributed by atoms with Gasteiger partial charge in [0.1, 0.15) is 5.75 Å². The fraction of sp³-hybridized carbons (Fsp3) is 0.500. The number of hydrogen-bond acceptors (Lipinski definition) is 3. The molecule has 0 atom stereocenters. The number of thioether (sulfide) groups is 1. The first kappa shape index (κ1) is 19.4. The van der Waals surface area contributed by atoms with Crippen molar-refractivity contribution in [2.24, 2.45) is 4.99 Å². The summed E-state index contributed by atoms with van der Waals surface area (Å²) in [6, 6.07) is 8.09. The fourth-order valence-corrected chi connectivity index (χ4v) is 2.02. The Morgan fingerprint density at radius 1 is 1.25 bits per heavy atom. The molecule has 1 aromatic rings. The second-order valence-corrected chi connectivity index (χ2v) is 4.97. The first-order valence-electron chi connectivity index (χ1n) is 6.37. The van der Waals surface area contributed by atoms with Crippen LogP contribution in [0, 0.1) is 0 Å². The number of benzene rings is 1. The minimum Gasteiger partial charge on any atom is -0.496 e. The minimum absolute atomic E-state index is 0. The Bertz CT molecular complexity index is 402. The lowest BCUT2D eigenvalue weighted by Crippen LogP contribution is -2.39. The van der Waals surface area contributed by atoms with Crippen molar-refractivity contribution in [1.29, 1.82) is 0 Å². The van der Waals surface area contributed by atoms with Crippen LogP contribution >= 0.6 is 35.7 Å². The minimum atomic E-state index is 0. The van der Waals surface area contributed by atoms with Gasteiger partial charge in [-0.15, -0.1) is 24.0 Å². The first-order valence-corrected chi connectivity index (χ1v) is 7.76. The lowest BCUT2D eigenvalue weighted by Gasteiger charge is -2.12. The highest BCUT2D eigenvalue weighted by atomic mass is 127. The maximum atomic E-state index is 5.33. The van der Waals surface area contributed by atoms with Gasteiger partial charge in [0, 0.05) is 25.9 Å². The van der Waals surface area contributed by atoms with Crippen LogP contribution in [-0.4, -0.2) is 45.2 Å². The van der Waals surface area contributed by atoms with Crippen molar-refractivity contribution in [2.45, 2.75) is 6.42 Å². The number of nitrogens with one attached hydrogen (secondary N) is 2. The Morgan fingerprint density at radius 2 is 1.95 bits per heavy atom. The van der Waals surface area contributed by atoms with Gasteiger partial charge in [0.2, 0.25) is 0 Å². The van der Waals surface area contributed by atoms with Gasteiger partial charge in [-0.05, 0) is 24.3 Å². The van der Waals surface area contributed by atoms with Crippen LogP contribution in [0.2, 0.25) is 0 Å². The van der Waals surface area contributed by atoms with Crippen molar-refractivity contribution in [2.75, 3.05) is 39.3 Å². The van der Waals surface area contributed by atoms with Crippen molar-refractivity contribution in [3.05, 3.63) is 29.8 Å². The molecule has 1 aromatic carbocycles. The molecule has 2 N–H and O–H groups in total. The highest BCUT2D eigenvalue weighted by molar-refractivity contribution is 14.0. The Morgan fingerprint density at radius 3 is 2.60 bits per heavy atom. The number of methoxy groups -OCH3 is 1. The van der Waals surface area contributed by atoms with E-state index < -0.39 is 0 Å². The Balaban J connectivity index is 0.00000361. The van der Waals surface area contributed by atoms with Crippen LogP contribution in [0.1, 0.15) is 5.56 Å². The number of hydrogen-bond donors (Lipinski definition) is 2. The molecule has 0 radical (unpaired) electrons. The summed E-state index contributed by atoms with van der Waals surface area (Å²) in [5, 5.41) is 6.57. The van der Waals surface area contributed by atoms with Crippen molar-refractivity contribution in [3.63, 3.8) is 0 Å². The summed E-state index contributed by atoms with van der Waals surface area (Å²) in [5.41, 5.74) is 1.21. The molecule has 0 aliphatic carbocycles. The molecular weight excluding hydrogens is 385 g/mol. The van der Waals surface area contributed by atoms with E-state index in [0.717, 1.165) is 37.0 Å². The molecule has 20 heavy (non-hydrogen) atoms. The predicted octanol–water partition coefficient (Wildman–Crippen LogP) is 2.38. The lowest BCUT2D eigenvalue weighted by molar-refractivity contribution is 0.409. The summed E-state index contributed by atoms with van der Waals surface area (Å²) in [5.74, 6) is 2.87. The van der Waals surface area contributed by atoms with E-state index in [0.29, 0.717) is 0 Å². The Hall–Kier alpha value is -0.630. The van der Waals surface area contributed by atoms with E-state index in [-0.39, 0.29) is 24.0 Å². The van der Waals surface area contributed by atoms with Gasteiger partial charge in [-0.1, -0.05) is 18.2 Å². The van der Waals surface area contributed by atoms with E-state index in [1.807, 2.05) is 30.0 Å². The smallest absolute Gasteiger partial charge is 0.191 e. The number of guanidine groups is 1. The highest BCUT2D eigenvalue weighted by Gasteiger charge is 2.02. The van der Waals surface area contributed by atoms with Crippen LogP contribution in [-0.2, 0) is 6.42 Å². The molecule has 0 bridgehead atoms. The third kappa shape index (κ3) is 7.23. The molecule has 0 spiro atoms. The topological polar surface area (TPSA) is 45.7 Å². The Kier molecular flexibility index (Phi) is 11.8.